The third kappa shape index (κ3) is 4.01. The number of imide groups is 1. The molecule has 0 atom stereocenters. The van der Waals surface area contributed by atoms with Crippen LogP contribution < -0.4 is 18.9 Å². The monoisotopic (exact) mass is 315 g/mol. The maximum absolute atomic E-state index is 12.1. The molecule has 112 valence electrons. The molecule has 0 N–H and O–H groups in total. The standard InChI is InChI=1S/C6HF10NO2.Li/c7-3(8,5(11,12)13)1(18)17-2(19)4(9,10)6(14,15)16;/h(H,17,18,19);/q;+1/p-1. The first kappa shape index (κ1) is 21.3. The Morgan fingerprint density at radius 3 is 0.950 bits per heavy atom. The van der Waals surface area contributed by atoms with Gasteiger partial charge in [0.2, 0.25) is 0 Å². The third-order valence-electron chi connectivity index (χ3n) is 1.45. The van der Waals surface area contributed by atoms with Gasteiger partial charge in [-0.05, 0) is 0 Å². The van der Waals surface area contributed by atoms with Crippen LogP contribution >= 0.6 is 0 Å². The van der Waals surface area contributed by atoms with Crippen LogP contribution in [0.1, 0.15) is 0 Å². The van der Waals surface area contributed by atoms with E-state index in [1.54, 1.807) is 0 Å². The smallest absolute Gasteiger partial charge is 0.585 e. The van der Waals surface area contributed by atoms with E-state index in [0.29, 0.717) is 0 Å². The fourth-order valence-corrected chi connectivity index (χ4v) is 0.475. The molecule has 0 spiro atoms. The summed E-state index contributed by atoms with van der Waals surface area (Å²) in [6.45, 7) is 0. The molecule has 0 aliphatic heterocycles. The van der Waals surface area contributed by atoms with Gasteiger partial charge in [-0.15, -0.1) is 0 Å². The van der Waals surface area contributed by atoms with Gasteiger partial charge in [-0.25, -0.2) is 0 Å². The summed E-state index contributed by atoms with van der Waals surface area (Å²) in [6.07, 6.45) is -13.2. The van der Waals surface area contributed by atoms with Gasteiger partial charge in [-0.1, -0.05) is 0 Å². The molecule has 0 fully saturated rings. The number of carbonyl (C=O) groups excluding carboxylic acids is 2. The van der Waals surface area contributed by atoms with Crippen molar-refractivity contribution in [1.82, 2.24) is 0 Å². The predicted molar refractivity (Wildman–Crippen MR) is 35.4 cm³/mol. The number of alkyl halides is 10. The van der Waals surface area contributed by atoms with Crippen LogP contribution in [-0.4, -0.2) is 36.0 Å². The second-order valence-corrected chi connectivity index (χ2v) is 2.87. The van der Waals surface area contributed by atoms with E-state index in [-0.39, 0.29) is 18.9 Å². The number of nitrogens with zero attached hydrogens (tertiary/aromatic N) is 1. The molecule has 0 saturated carbocycles. The molecule has 20 heavy (non-hydrogen) atoms. The molecule has 2 amide bonds. The van der Waals surface area contributed by atoms with Crippen molar-refractivity contribution >= 4 is 11.8 Å². The Bertz CT molecular complexity index is 350. The Hall–Kier alpha value is -0.963. The van der Waals surface area contributed by atoms with Gasteiger partial charge in [-0.3, -0.25) is 0 Å². The first-order chi connectivity index (χ1) is 8.05. The summed E-state index contributed by atoms with van der Waals surface area (Å²) in [5.41, 5.74) is 0. The van der Waals surface area contributed by atoms with Crippen LogP contribution in [0.5, 0.6) is 0 Å². The number of rotatable bonds is 2. The van der Waals surface area contributed by atoms with Crippen molar-refractivity contribution in [2.45, 2.75) is 24.2 Å². The first-order valence-electron chi connectivity index (χ1n) is 3.75. The maximum atomic E-state index is 12.1. The van der Waals surface area contributed by atoms with Crippen molar-refractivity contribution in [2.75, 3.05) is 0 Å². The van der Waals surface area contributed by atoms with Crippen LogP contribution in [0, 0.1) is 0 Å². The Morgan fingerprint density at radius 2 is 0.800 bits per heavy atom. The van der Waals surface area contributed by atoms with Crippen molar-refractivity contribution in [3.05, 3.63) is 5.32 Å². The van der Waals surface area contributed by atoms with Crippen LogP contribution in [-0.2, 0) is 9.59 Å². The zero-order valence-corrected chi connectivity index (χ0v) is 9.04. The molecule has 0 aliphatic carbocycles. The average molecular weight is 315 g/mol. The van der Waals surface area contributed by atoms with E-state index in [0.717, 1.165) is 5.32 Å². The third-order valence-corrected chi connectivity index (χ3v) is 1.45. The zero-order valence-electron chi connectivity index (χ0n) is 9.04. The minimum atomic E-state index is -6.60. The molecule has 0 unspecified atom stereocenters. The molecule has 0 rings (SSSR count). The Kier molecular flexibility index (Phi) is 6.19. The van der Waals surface area contributed by atoms with Gasteiger partial charge in [0, 0.05) is 0 Å². The number of halogens is 10. The van der Waals surface area contributed by atoms with Crippen molar-refractivity contribution in [2.24, 2.45) is 0 Å². The number of amides is 2. The summed E-state index contributed by atoms with van der Waals surface area (Å²) >= 11 is 0. The first-order valence-corrected chi connectivity index (χ1v) is 3.75. The number of hydrogen-bond donors (Lipinski definition) is 0. The van der Waals surface area contributed by atoms with Crippen molar-refractivity contribution in [3.63, 3.8) is 0 Å². The Balaban J connectivity index is 0. The molecule has 0 aromatic rings. The predicted octanol–water partition coefficient (Wildman–Crippen LogP) is -0.188. The normalized spacial score (nSPS) is 13.5. The Morgan fingerprint density at radius 1 is 0.600 bits per heavy atom. The van der Waals surface area contributed by atoms with Crippen LogP contribution in [0.4, 0.5) is 43.9 Å². The molecule has 3 nitrogen and oxygen atoms in total. The summed E-state index contributed by atoms with van der Waals surface area (Å²) in [7, 11) is 0. The molecule has 0 radical (unpaired) electrons. The molecule has 0 bridgehead atoms. The molecule has 0 heterocycles. The average Bonchev–Trinajstić information content (AvgIpc) is 2.13. The van der Waals surface area contributed by atoms with Gasteiger partial charge in [0.25, 0.3) is 0 Å². The quantitative estimate of drug-likeness (QED) is 0.524. The minimum Gasteiger partial charge on any atom is -0.585 e. The summed E-state index contributed by atoms with van der Waals surface area (Å²) in [4.78, 5) is 20.3. The second-order valence-electron chi connectivity index (χ2n) is 2.87. The van der Waals surface area contributed by atoms with Gasteiger partial charge < -0.3 is 14.9 Å². The van der Waals surface area contributed by atoms with Crippen LogP contribution in [0.25, 0.3) is 5.32 Å². The topological polar surface area (TPSA) is 48.2 Å². The van der Waals surface area contributed by atoms with Crippen molar-refractivity contribution in [3.8, 4) is 0 Å². The van der Waals surface area contributed by atoms with Crippen LogP contribution in [0.3, 0.4) is 0 Å². The molecule has 0 aliphatic rings. The van der Waals surface area contributed by atoms with Crippen LogP contribution in [0.2, 0.25) is 0 Å². The van der Waals surface area contributed by atoms with E-state index in [1.165, 1.54) is 0 Å². The van der Waals surface area contributed by atoms with Gasteiger partial charge in [-0.2, -0.15) is 43.9 Å². The molecule has 14 heteroatoms. The fraction of sp³-hybridized carbons (Fsp3) is 0.667. The van der Waals surface area contributed by atoms with Gasteiger partial charge >= 0.3 is 43.1 Å². The van der Waals surface area contributed by atoms with E-state index in [9.17, 15) is 53.5 Å². The van der Waals surface area contributed by atoms with E-state index in [1.807, 2.05) is 0 Å². The zero-order chi connectivity index (χ0) is 15.9. The SMILES string of the molecule is O=C([N-]C(=O)C(F)(F)C(F)(F)F)C(F)(F)C(F)(F)F.[Li+]. The van der Waals surface area contributed by atoms with E-state index < -0.39 is 36.0 Å². The molecule has 0 aromatic carbocycles. The van der Waals surface area contributed by atoms with Gasteiger partial charge in [0.1, 0.15) is 11.8 Å². The fourth-order valence-electron chi connectivity index (χ4n) is 0.475. The van der Waals surface area contributed by atoms with Gasteiger partial charge in [0.15, 0.2) is 0 Å². The number of hydrogen-bond acceptors (Lipinski definition) is 2. The van der Waals surface area contributed by atoms with E-state index in [2.05, 4.69) is 0 Å². The largest absolute Gasteiger partial charge is 1.00 e. The number of carbonyl (C=O) groups is 2. The van der Waals surface area contributed by atoms with Crippen molar-refractivity contribution < 1.29 is 72.4 Å². The summed E-state index contributed by atoms with van der Waals surface area (Å²) in [6, 6.07) is 0. The van der Waals surface area contributed by atoms with E-state index >= 15 is 0 Å². The Labute approximate surface area is 114 Å². The second kappa shape index (κ2) is 5.80. The van der Waals surface area contributed by atoms with Crippen molar-refractivity contribution in [1.29, 1.82) is 0 Å². The summed E-state index contributed by atoms with van der Waals surface area (Å²) in [5, 5.41) is 0.935. The van der Waals surface area contributed by atoms with Crippen LogP contribution in [0.15, 0.2) is 0 Å². The molecule has 0 aromatic heterocycles. The molecular formula is C6F10LiNO2. The maximum Gasteiger partial charge on any atom is 1.00 e. The van der Waals surface area contributed by atoms with Gasteiger partial charge in [0.05, 0.1) is 0 Å². The molecule has 0 saturated heterocycles. The van der Waals surface area contributed by atoms with E-state index in [4.69, 9.17) is 0 Å². The molecular weight excluding hydrogens is 315 g/mol. The summed E-state index contributed by atoms with van der Waals surface area (Å²) in [5.74, 6) is -20.3. The minimum absolute atomic E-state index is 0. The summed E-state index contributed by atoms with van der Waals surface area (Å²) < 4.78 is 118.